The highest BCUT2D eigenvalue weighted by Crippen LogP contribution is 2.30. The van der Waals surface area contributed by atoms with Crippen molar-refractivity contribution in [2.45, 2.75) is 6.36 Å². The number of nitrogens with two attached hydrogens (primary N) is 1. The fourth-order valence-corrected chi connectivity index (χ4v) is 1.04. The zero-order valence-corrected chi connectivity index (χ0v) is 8.91. The number of carbonyl (C=O) groups excluding carboxylic acids is 1. The van der Waals surface area contributed by atoms with Crippen molar-refractivity contribution in [3.63, 3.8) is 0 Å². The molecule has 0 fully saturated rings. The number of nitrogens with zero attached hydrogens (tertiary/aromatic N) is 2. The van der Waals surface area contributed by atoms with Crippen LogP contribution in [0.15, 0.2) is 6.07 Å². The maximum absolute atomic E-state index is 12.1. The number of anilines is 1. The second-order valence-corrected chi connectivity index (χ2v) is 2.92. The van der Waals surface area contributed by atoms with Gasteiger partial charge in [0.05, 0.1) is 7.11 Å². The molecule has 9 heteroatoms. The van der Waals surface area contributed by atoms with Crippen molar-refractivity contribution in [1.82, 2.24) is 4.98 Å². The minimum Gasteiger partial charge on any atom is -0.464 e. The second kappa shape index (κ2) is 4.79. The van der Waals surface area contributed by atoms with Crippen molar-refractivity contribution in [2.75, 3.05) is 12.8 Å². The quantitative estimate of drug-likeness (QED) is 0.803. The molecule has 0 spiro atoms. The largest absolute Gasteiger partial charge is 0.573 e. The number of halogens is 3. The van der Waals surface area contributed by atoms with E-state index in [1.165, 1.54) is 6.07 Å². The smallest absolute Gasteiger partial charge is 0.464 e. The molecule has 18 heavy (non-hydrogen) atoms. The number of hydrogen-bond donors (Lipinski definition) is 1. The number of rotatable bonds is 2. The van der Waals surface area contributed by atoms with E-state index in [9.17, 15) is 18.0 Å². The molecule has 1 aromatic heterocycles. The van der Waals surface area contributed by atoms with Crippen LogP contribution in [-0.2, 0) is 4.74 Å². The molecule has 1 aromatic rings. The van der Waals surface area contributed by atoms with Gasteiger partial charge in [-0.1, -0.05) is 0 Å². The summed E-state index contributed by atoms with van der Waals surface area (Å²) >= 11 is 0. The van der Waals surface area contributed by atoms with Gasteiger partial charge in [-0.25, -0.2) is 9.78 Å². The SMILES string of the molecule is COC(=O)c1cc(OC(F)(F)F)c(N)c(C#N)n1. The molecule has 1 heterocycles. The fourth-order valence-electron chi connectivity index (χ4n) is 1.04. The summed E-state index contributed by atoms with van der Waals surface area (Å²) in [5.74, 6) is -1.90. The van der Waals surface area contributed by atoms with Crippen LogP contribution in [-0.4, -0.2) is 24.4 Å². The van der Waals surface area contributed by atoms with E-state index in [1.807, 2.05) is 0 Å². The summed E-state index contributed by atoms with van der Waals surface area (Å²) in [4.78, 5) is 14.6. The van der Waals surface area contributed by atoms with Gasteiger partial charge in [0.1, 0.15) is 11.8 Å². The van der Waals surface area contributed by atoms with Crippen LogP contribution in [0.5, 0.6) is 5.75 Å². The number of alkyl halides is 3. The Morgan fingerprint density at radius 1 is 1.56 bits per heavy atom. The number of ether oxygens (including phenoxy) is 2. The first-order valence-corrected chi connectivity index (χ1v) is 4.33. The van der Waals surface area contributed by atoms with Gasteiger partial charge in [0.15, 0.2) is 17.1 Å². The first-order chi connectivity index (χ1) is 8.28. The van der Waals surface area contributed by atoms with Crippen molar-refractivity contribution in [3.05, 3.63) is 17.5 Å². The Morgan fingerprint density at radius 3 is 2.61 bits per heavy atom. The summed E-state index contributed by atoms with van der Waals surface area (Å²) < 4.78 is 44.1. The minimum atomic E-state index is -5.00. The summed E-state index contributed by atoms with van der Waals surface area (Å²) in [5.41, 5.74) is 3.57. The molecule has 0 bridgehead atoms. The van der Waals surface area contributed by atoms with Crippen LogP contribution in [0, 0.1) is 11.3 Å². The van der Waals surface area contributed by atoms with Gasteiger partial charge in [0, 0.05) is 6.07 Å². The second-order valence-electron chi connectivity index (χ2n) is 2.92. The topological polar surface area (TPSA) is 98.2 Å². The molecule has 96 valence electrons. The van der Waals surface area contributed by atoms with Crippen LogP contribution >= 0.6 is 0 Å². The lowest BCUT2D eigenvalue weighted by molar-refractivity contribution is -0.274. The van der Waals surface area contributed by atoms with E-state index in [1.54, 1.807) is 0 Å². The molecular weight excluding hydrogens is 255 g/mol. The van der Waals surface area contributed by atoms with Crippen LogP contribution < -0.4 is 10.5 Å². The predicted molar refractivity (Wildman–Crippen MR) is 51.4 cm³/mol. The average molecular weight is 261 g/mol. The van der Waals surface area contributed by atoms with E-state index < -0.39 is 35.2 Å². The lowest BCUT2D eigenvalue weighted by Crippen LogP contribution is -2.19. The van der Waals surface area contributed by atoms with Gasteiger partial charge in [0.25, 0.3) is 0 Å². The highest BCUT2D eigenvalue weighted by Gasteiger charge is 2.33. The Morgan fingerprint density at radius 2 is 2.17 bits per heavy atom. The Labute approximate surface area is 98.7 Å². The molecule has 0 unspecified atom stereocenters. The number of pyridine rings is 1. The van der Waals surface area contributed by atoms with Crippen molar-refractivity contribution in [3.8, 4) is 11.8 Å². The van der Waals surface area contributed by atoms with Gasteiger partial charge in [-0.05, 0) is 0 Å². The lowest BCUT2D eigenvalue weighted by atomic mass is 10.2. The summed E-state index contributed by atoms with van der Waals surface area (Å²) in [6.45, 7) is 0. The first kappa shape index (κ1) is 13.6. The van der Waals surface area contributed by atoms with Crippen LogP contribution in [0.3, 0.4) is 0 Å². The maximum Gasteiger partial charge on any atom is 0.573 e. The third-order valence-electron chi connectivity index (χ3n) is 1.75. The first-order valence-electron chi connectivity index (χ1n) is 4.33. The molecule has 0 saturated carbocycles. The molecule has 0 aromatic carbocycles. The van der Waals surface area contributed by atoms with E-state index in [-0.39, 0.29) is 0 Å². The van der Waals surface area contributed by atoms with Crippen LogP contribution in [0.2, 0.25) is 0 Å². The van der Waals surface area contributed by atoms with Gasteiger partial charge >= 0.3 is 12.3 Å². The Kier molecular flexibility index (Phi) is 3.61. The number of hydrogen-bond acceptors (Lipinski definition) is 6. The van der Waals surface area contributed by atoms with Gasteiger partial charge in [-0.15, -0.1) is 13.2 Å². The number of methoxy groups -OCH3 is 1. The summed E-state index contributed by atoms with van der Waals surface area (Å²) in [6, 6.07) is 2.10. The molecule has 0 atom stereocenters. The van der Waals surface area contributed by atoms with Gasteiger partial charge in [-0.3, -0.25) is 0 Å². The summed E-state index contributed by atoms with van der Waals surface area (Å²) in [5, 5.41) is 8.64. The van der Waals surface area contributed by atoms with Crippen LogP contribution in [0.25, 0.3) is 0 Å². The van der Waals surface area contributed by atoms with Crippen LogP contribution in [0.1, 0.15) is 16.2 Å². The summed E-state index contributed by atoms with van der Waals surface area (Å²) in [6.07, 6.45) is -5.00. The van der Waals surface area contributed by atoms with Crippen molar-refractivity contribution >= 4 is 11.7 Å². The fraction of sp³-hybridized carbons (Fsp3) is 0.222. The standard InChI is InChI=1S/C9H6F3N3O3/c1-17-8(16)4-2-6(18-9(10,11)12)7(14)5(3-13)15-4/h2H,14H2,1H3. The van der Waals surface area contributed by atoms with E-state index in [0.717, 1.165) is 7.11 Å². The molecular formula is C9H6F3N3O3. The molecule has 2 N–H and O–H groups in total. The normalized spacial score (nSPS) is 10.6. The van der Waals surface area contributed by atoms with E-state index >= 15 is 0 Å². The van der Waals surface area contributed by atoms with E-state index in [0.29, 0.717) is 6.07 Å². The Hall–Kier alpha value is -2.50. The predicted octanol–water partition coefficient (Wildman–Crippen LogP) is 1.22. The highest BCUT2D eigenvalue weighted by atomic mass is 19.4. The zero-order chi connectivity index (χ0) is 13.9. The molecule has 0 radical (unpaired) electrons. The van der Waals surface area contributed by atoms with Crippen molar-refractivity contribution < 1.29 is 27.4 Å². The maximum atomic E-state index is 12.1. The number of esters is 1. The summed E-state index contributed by atoms with van der Waals surface area (Å²) in [7, 11) is 1.01. The molecule has 0 aliphatic heterocycles. The van der Waals surface area contributed by atoms with Crippen molar-refractivity contribution in [1.29, 1.82) is 5.26 Å². The van der Waals surface area contributed by atoms with E-state index in [4.69, 9.17) is 11.0 Å². The van der Waals surface area contributed by atoms with Gasteiger partial charge in [0.2, 0.25) is 0 Å². The molecule has 6 nitrogen and oxygen atoms in total. The zero-order valence-electron chi connectivity index (χ0n) is 8.91. The molecule has 0 aliphatic carbocycles. The van der Waals surface area contributed by atoms with Gasteiger partial charge in [-0.2, -0.15) is 5.26 Å². The Balaban J connectivity index is 3.33. The molecule has 0 saturated heterocycles. The number of nitriles is 1. The number of aromatic nitrogens is 1. The monoisotopic (exact) mass is 261 g/mol. The third-order valence-corrected chi connectivity index (χ3v) is 1.75. The number of nitrogen functional groups attached to an aromatic ring is 1. The molecule has 0 amide bonds. The lowest BCUT2D eigenvalue weighted by Gasteiger charge is -2.12. The van der Waals surface area contributed by atoms with E-state index in [2.05, 4.69) is 14.5 Å². The van der Waals surface area contributed by atoms with Gasteiger partial charge < -0.3 is 15.2 Å². The third kappa shape index (κ3) is 3.00. The van der Waals surface area contributed by atoms with Crippen LogP contribution in [0.4, 0.5) is 18.9 Å². The number of carbonyl (C=O) groups is 1. The molecule has 1 rings (SSSR count). The van der Waals surface area contributed by atoms with Crippen molar-refractivity contribution in [2.24, 2.45) is 0 Å². The highest BCUT2D eigenvalue weighted by molar-refractivity contribution is 5.88. The Bertz CT molecular complexity index is 522. The average Bonchev–Trinajstić information content (AvgIpc) is 2.29. The minimum absolute atomic E-state index is 0.512. The molecule has 0 aliphatic rings.